The van der Waals surface area contributed by atoms with Crippen LogP contribution >= 0.6 is 11.8 Å². The average Bonchev–Trinajstić information content (AvgIpc) is 3.14. The molecule has 3 aromatic rings. The average molecular weight is 384 g/mol. The third kappa shape index (κ3) is 4.28. The molecule has 2 aromatic heterocycles. The van der Waals surface area contributed by atoms with Gasteiger partial charge in [-0.25, -0.2) is 4.79 Å². The predicted molar refractivity (Wildman–Crippen MR) is 104 cm³/mol. The van der Waals surface area contributed by atoms with E-state index in [9.17, 15) is 9.59 Å². The van der Waals surface area contributed by atoms with E-state index < -0.39 is 5.97 Å². The number of benzene rings is 1. The molecule has 1 amide bonds. The Morgan fingerprint density at radius 3 is 2.78 bits per heavy atom. The highest BCUT2D eigenvalue weighted by Gasteiger charge is 2.21. The minimum Gasteiger partial charge on any atom is -0.465 e. The van der Waals surface area contributed by atoms with E-state index in [2.05, 4.69) is 15.5 Å². The molecule has 1 unspecified atom stereocenters. The zero-order valence-electron chi connectivity index (χ0n) is 15.1. The minimum atomic E-state index is -0.480. The lowest BCUT2D eigenvalue weighted by atomic mass is 10.1. The smallest absolute Gasteiger partial charge is 0.337 e. The van der Waals surface area contributed by atoms with Crippen molar-refractivity contribution in [1.29, 1.82) is 0 Å². The number of hydrogen-bond donors (Lipinski definition) is 1. The number of carbonyl (C=O) groups is 2. The molecule has 1 atom stereocenters. The highest BCUT2D eigenvalue weighted by atomic mass is 32.2. The molecule has 1 aromatic carbocycles. The number of nitrogens with zero attached hydrogens (tertiary/aromatic N) is 3. The van der Waals surface area contributed by atoms with Crippen LogP contribution in [0.3, 0.4) is 0 Å². The molecule has 0 saturated carbocycles. The van der Waals surface area contributed by atoms with Crippen molar-refractivity contribution in [2.45, 2.75) is 12.5 Å². The molecule has 2 heterocycles. The Hall–Kier alpha value is -2.87. The van der Waals surface area contributed by atoms with Crippen molar-refractivity contribution in [3.63, 3.8) is 0 Å². The normalized spacial score (nSPS) is 11.9. The van der Waals surface area contributed by atoms with Gasteiger partial charge in [0.05, 0.1) is 18.7 Å². The Morgan fingerprint density at radius 1 is 1.19 bits per heavy atom. The molecule has 8 heteroatoms. The van der Waals surface area contributed by atoms with Crippen LogP contribution in [-0.4, -0.2) is 45.6 Å². The second-order valence-electron chi connectivity index (χ2n) is 5.87. The van der Waals surface area contributed by atoms with E-state index in [-0.39, 0.29) is 11.9 Å². The number of nitrogens with one attached hydrogen (secondary N) is 1. The van der Waals surface area contributed by atoms with E-state index in [1.54, 1.807) is 30.0 Å². The molecule has 0 spiro atoms. The number of thioether (sulfide) groups is 1. The lowest BCUT2D eigenvalue weighted by Gasteiger charge is -2.17. The Morgan fingerprint density at radius 2 is 2.00 bits per heavy atom. The summed E-state index contributed by atoms with van der Waals surface area (Å²) in [5, 5.41) is 11.5. The van der Waals surface area contributed by atoms with Gasteiger partial charge in [-0.2, -0.15) is 11.8 Å². The van der Waals surface area contributed by atoms with E-state index in [1.165, 1.54) is 13.2 Å². The summed E-state index contributed by atoms with van der Waals surface area (Å²) in [7, 11) is 1.31. The SMILES string of the molecule is COC(=O)c1cccc(C(=O)NC(CCSC)c2nnc3ccccn23)c1. The second kappa shape index (κ2) is 8.68. The molecule has 0 saturated heterocycles. The summed E-state index contributed by atoms with van der Waals surface area (Å²) in [5.74, 6) is 0.776. The molecule has 140 valence electrons. The first-order valence-electron chi connectivity index (χ1n) is 8.42. The van der Waals surface area contributed by atoms with Crippen LogP contribution in [0.2, 0.25) is 0 Å². The summed E-state index contributed by atoms with van der Waals surface area (Å²) in [6.45, 7) is 0. The number of ether oxygens (including phenoxy) is 1. The van der Waals surface area contributed by atoms with Gasteiger partial charge in [0.2, 0.25) is 0 Å². The predicted octanol–water partition coefficient (Wildman–Crippen LogP) is 2.74. The number of rotatable bonds is 7. The molecule has 0 aliphatic heterocycles. The van der Waals surface area contributed by atoms with Crippen LogP contribution in [0.4, 0.5) is 0 Å². The first kappa shape index (κ1) is 18.9. The molecule has 1 N–H and O–H groups in total. The number of amides is 1. The van der Waals surface area contributed by atoms with Crippen molar-refractivity contribution in [1.82, 2.24) is 19.9 Å². The molecule has 7 nitrogen and oxygen atoms in total. The van der Waals surface area contributed by atoms with Gasteiger partial charge in [0.1, 0.15) is 0 Å². The van der Waals surface area contributed by atoms with E-state index in [1.807, 2.05) is 35.1 Å². The Kier molecular flexibility index (Phi) is 6.08. The van der Waals surface area contributed by atoms with Gasteiger partial charge in [0.15, 0.2) is 11.5 Å². The second-order valence-corrected chi connectivity index (χ2v) is 6.85. The van der Waals surface area contributed by atoms with Crippen LogP contribution in [0.25, 0.3) is 5.65 Å². The maximum absolute atomic E-state index is 12.8. The largest absolute Gasteiger partial charge is 0.465 e. The first-order valence-corrected chi connectivity index (χ1v) is 9.81. The molecule has 0 aliphatic carbocycles. The van der Waals surface area contributed by atoms with Crippen LogP contribution in [0, 0.1) is 0 Å². The summed E-state index contributed by atoms with van der Waals surface area (Å²) in [6.07, 6.45) is 4.60. The molecule has 0 aliphatic rings. The summed E-state index contributed by atoms with van der Waals surface area (Å²) in [6, 6.07) is 11.8. The zero-order chi connectivity index (χ0) is 19.2. The summed E-state index contributed by atoms with van der Waals surface area (Å²) < 4.78 is 6.59. The number of fused-ring (bicyclic) bond motifs is 1. The first-order chi connectivity index (χ1) is 13.1. The van der Waals surface area contributed by atoms with Gasteiger partial charge in [-0.15, -0.1) is 10.2 Å². The number of methoxy groups -OCH3 is 1. The van der Waals surface area contributed by atoms with Gasteiger partial charge < -0.3 is 10.1 Å². The zero-order valence-corrected chi connectivity index (χ0v) is 15.9. The van der Waals surface area contributed by atoms with Crippen molar-refractivity contribution in [2.24, 2.45) is 0 Å². The van der Waals surface area contributed by atoms with E-state index in [4.69, 9.17) is 4.74 Å². The van der Waals surface area contributed by atoms with Crippen LogP contribution in [0.5, 0.6) is 0 Å². The number of esters is 1. The molecule has 27 heavy (non-hydrogen) atoms. The Balaban J connectivity index is 1.86. The fraction of sp³-hybridized carbons (Fsp3) is 0.263. The minimum absolute atomic E-state index is 0.278. The number of aromatic nitrogens is 3. The van der Waals surface area contributed by atoms with Gasteiger partial charge >= 0.3 is 5.97 Å². The highest BCUT2D eigenvalue weighted by molar-refractivity contribution is 7.98. The van der Waals surface area contributed by atoms with Crippen molar-refractivity contribution in [2.75, 3.05) is 19.1 Å². The quantitative estimate of drug-likeness (QED) is 0.631. The van der Waals surface area contributed by atoms with Crippen molar-refractivity contribution < 1.29 is 14.3 Å². The molecule has 3 rings (SSSR count). The van der Waals surface area contributed by atoms with Crippen molar-refractivity contribution >= 4 is 29.3 Å². The highest BCUT2D eigenvalue weighted by Crippen LogP contribution is 2.19. The van der Waals surface area contributed by atoms with Crippen LogP contribution < -0.4 is 5.32 Å². The van der Waals surface area contributed by atoms with Gasteiger partial charge in [0, 0.05) is 11.8 Å². The van der Waals surface area contributed by atoms with E-state index in [0.29, 0.717) is 23.4 Å². The van der Waals surface area contributed by atoms with E-state index >= 15 is 0 Å². The summed E-state index contributed by atoms with van der Waals surface area (Å²) in [5.41, 5.74) is 1.45. The molecule has 0 radical (unpaired) electrons. The van der Waals surface area contributed by atoms with Crippen LogP contribution in [0.1, 0.15) is 39.0 Å². The molecular weight excluding hydrogens is 364 g/mol. The molecular formula is C19H20N4O3S. The fourth-order valence-corrected chi connectivity index (χ4v) is 3.22. The topological polar surface area (TPSA) is 85.6 Å². The van der Waals surface area contributed by atoms with Crippen LogP contribution in [0.15, 0.2) is 48.7 Å². The standard InChI is InChI=1S/C19H20N4O3S/c1-26-19(25)14-7-5-6-13(12-14)18(24)20-15(9-11-27-2)17-22-21-16-8-3-4-10-23(16)17/h3-8,10,12,15H,9,11H2,1-2H3,(H,20,24). The third-order valence-electron chi connectivity index (χ3n) is 4.11. The maximum atomic E-state index is 12.8. The molecule has 0 bridgehead atoms. The maximum Gasteiger partial charge on any atom is 0.337 e. The summed E-state index contributed by atoms with van der Waals surface area (Å²) >= 11 is 1.69. The van der Waals surface area contributed by atoms with Crippen molar-refractivity contribution in [3.8, 4) is 0 Å². The monoisotopic (exact) mass is 384 g/mol. The van der Waals surface area contributed by atoms with Gasteiger partial charge in [-0.1, -0.05) is 12.1 Å². The van der Waals surface area contributed by atoms with Gasteiger partial charge in [0.25, 0.3) is 5.91 Å². The number of hydrogen-bond acceptors (Lipinski definition) is 6. The fourth-order valence-electron chi connectivity index (χ4n) is 2.75. The van der Waals surface area contributed by atoms with Crippen LogP contribution in [-0.2, 0) is 4.74 Å². The Bertz CT molecular complexity index is 957. The summed E-state index contributed by atoms with van der Waals surface area (Å²) in [4.78, 5) is 24.5. The lowest BCUT2D eigenvalue weighted by molar-refractivity contribution is 0.0600. The van der Waals surface area contributed by atoms with Crippen molar-refractivity contribution in [3.05, 3.63) is 65.6 Å². The van der Waals surface area contributed by atoms with Gasteiger partial charge in [-0.05, 0) is 48.8 Å². The third-order valence-corrected chi connectivity index (χ3v) is 4.76. The lowest BCUT2D eigenvalue weighted by Crippen LogP contribution is -2.30. The van der Waals surface area contributed by atoms with E-state index in [0.717, 1.165) is 11.4 Å². The van der Waals surface area contributed by atoms with Gasteiger partial charge in [-0.3, -0.25) is 9.20 Å². The molecule has 0 fully saturated rings. The Labute approximate surface area is 161 Å². The number of pyridine rings is 1. The number of carbonyl (C=O) groups excluding carboxylic acids is 2.